The van der Waals surface area contributed by atoms with Crippen LogP contribution < -0.4 is 0 Å². The van der Waals surface area contributed by atoms with Crippen molar-refractivity contribution >= 4 is 31.9 Å². The predicted octanol–water partition coefficient (Wildman–Crippen LogP) is 10.5. The van der Waals surface area contributed by atoms with Crippen molar-refractivity contribution in [2.45, 2.75) is 20.9 Å². The first-order valence-corrected chi connectivity index (χ1v) is 17.4. The maximum Gasteiger partial charge on any atom is 0.143 e. The number of hydrogen-bond acceptors (Lipinski definition) is 2. The van der Waals surface area contributed by atoms with Gasteiger partial charge in [-0.1, -0.05) is 214 Å². The zero-order valence-electron chi connectivity index (χ0n) is 25.5. The summed E-state index contributed by atoms with van der Waals surface area (Å²) in [7, 11) is 0. The van der Waals surface area contributed by atoms with E-state index in [-0.39, 0.29) is 9.65 Å². The average molecular weight is 733 g/mol. The summed E-state index contributed by atoms with van der Waals surface area (Å²) in [5, 5.41) is 0. The molecule has 46 heavy (non-hydrogen) atoms. The van der Waals surface area contributed by atoms with Crippen LogP contribution in [0.15, 0.2) is 182 Å². The summed E-state index contributed by atoms with van der Waals surface area (Å²) in [5.41, 5.74) is 4.85. The van der Waals surface area contributed by atoms with Crippen molar-refractivity contribution in [3.63, 3.8) is 0 Å². The van der Waals surface area contributed by atoms with E-state index in [9.17, 15) is 0 Å². The molecule has 2 atom stereocenters. The van der Waals surface area contributed by atoms with Crippen LogP contribution in [0.5, 0.6) is 0 Å². The van der Waals surface area contributed by atoms with E-state index in [1.807, 2.05) is 36.4 Å². The summed E-state index contributed by atoms with van der Waals surface area (Å²) in [4.78, 5) is -0.133. The van der Waals surface area contributed by atoms with Gasteiger partial charge in [0.2, 0.25) is 0 Å². The van der Waals surface area contributed by atoms with Gasteiger partial charge in [0.15, 0.2) is 0 Å². The van der Waals surface area contributed by atoms with E-state index in [0.717, 1.165) is 33.4 Å². The Hall–Kier alpha value is -3.80. The zero-order chi connectivity index (χ0) is 31.7. The fraction of sp³-hybridized carbons (Fsp3) is 0.143. The molecule has 0 N–H and O–H groups in total. The molecule has 0 heterocycles. The van der Waals surface area contributed by atoms with Crippen LogP contribution >= 0.6 is 31.9 Å². The monoisotopic (exact) mass is 730 g/mol. The molecule has 0 fully saturated rings. The lowest BCUT2D eigenvalue weighted by atomic mass is 9.80. The largest absolute Gasteiger partial charge is 0.360 e. The van der Waals surface area contributed by atoms with Gasteiger partial charge in [-0.25, -0.2) is 0 Å². The standard InChI is InChI=1S/C42H36Br2O2/c43-39(31-45-41(33-19-7-1-8-20-33,34-21-9-2-10-22-34)35-23-11-3-12-24-35)40(44)32-46-42(36-25-13-4-14-26-36,37-27-15-5-16-28-37)38-29-17-6-18-30-38/h1-30,39-40H,31-32H2/t39-,40-/m0/s1. The minimum absolute atomic E-state index is 0.0666. The SMILES string of the molecule is Br[C@@H](COC(c1ccccc1)(c1ccccc1)c1ccccc1)[C@@H](Br)COC(c1ccccc1)(c1ccccc1)c1ccccc1. The molecule has 0 radical (unpaired) electrons. The van der Waals surface area contributed by atoms with Gasteiger partial charge in [-0.2, -0.15) is 0 Å². The molecule has 6 aromatic carbocycles. The van der Waals surface area contributed by atoms with Crippen LogP contribution in [-0.2, 0) is 20.7 Å². The van der Waals surface area contributed by atoms with Crippen LogP contribution in [0.2, 0.25) is 0 Å². The van der Waals surface area contributed by atoms with E-state index in [2.05, 4.69) is 177 Å². The van der Waals surface area contributed by atoms with Crippen molar-refractivity contribution < 1.29 is 9.47 Å². The van der Waals surface area contributed by atoms with Crippen LogP contribution in [0.25, 0.3) is 0 Å². The van der Waals surface area contributed by atoms with Gasteiger partial charge < -0.3 is 9.47 Å². The summed E-state index contributed by atoms with van der Waals surface area (Å²) in [6.45, 7) is 0.847. The summed E-state index contributed by atoms with van der Waals surface area (Å²) < 4.78 is 14.2. The molecule has 6 aromatic rings. The van der Waals surface area contributed by atoms with Crippen LogP contribution in [0.1, 0.15) is 33.4 Å². The number of benzene rings is 6. The van der Waals surface area contributed by atoms with Crippen LogP contribution in [0.3, 0.4) is 0 Å². The second-order valence-corrected chi connectivity index (χ2v) is 13.6. The number of halogens is 2. The van der Waals surface area contributed by atoms with E-state index >= 15 is 0 Å². The first-order chi connectivity index (χ1) is 22.6. The summed E-state index contributed by atoms with van der Waals surface area (Å²) in [5.74, 6) is 0. The molecule has 0 aromatic heterocycles. The van der Waals surface area contributed by atoms with Crippen molar-refractivity contribution in [1.29, 1.82) is 0 Å². The van der Waals surface area contributed by atoms with Gasteiger partial charge in [0, 0.05) is 0 Å². The third-order valence-corrected chi connectivity index (χ3v) is 10.9. The van der Waals surface area contributed by atoms with Gasteiger partial charge in [-0.3, -0.25) is 0 Å². The van der Waals surface area contributed by atoms with Gasteiger partial charge in [0.1, 0.15) is 11.2 Å². The number of hydrogen-bond donors (Lipinski definition) is 0. The lowest BCUT2D eigenvalue weighted by Crippen LogP contribution is -2.39. The van der Waals surface area contributed by atoms with Crippen molar-refractivity contribution in [2.24, 2.45) is 0 Å². The maximum atomic E-state index is 7.12. The van der Waals surface area contributed by atoms with E-state index in [4.69, 9.17) is 9.47 Å². The molecule has 0 bridgehead atoms. The predicted molar refractivity (Wildman–Crippen MR) is 196 cm³/mol. The van der Waals surface area contributed by atoms with E-state index in [1.54, 1.807) is 0 Å². The molecule has 4 heteroatoms. The summed E-state index contributed by atoms with van der Waals surface area (Å²) >= 11 is 8.00. The minimum Gasteiger partial charge on any atom is -0.360 e. The number of alkyl halides is 2. The lowest BCUT2D eigenvalue weighted by Gasteiger charge is -2.38. The minimum atomic E-state index is -0.800. The Labute approximate surface area is 289 Å². The van der Waals surface area contributed by atoms with E-state index in [0.29, 0.717) is 13.2 Å². The molecule has 2 nitrogen and oxygen atoms in total. The third-order valence-electron chi connectivity index (χ3n) is 8.39. The topological polar surface area (TPSA) is 18.5 Å². The average Bonchev–Trinajstić information content (AvgIpc) is 3.14. The van der Waals surface area contributed by atoms with Crippen LogP contribution in [0, 0.1) is 0 Å². The Kier molecular flexibility index (Phi) is 10.6. The number of rotatable bonds is 13. The molecule has 0 saturated heterocycles. The molecule has 6 rings (SSSR count). The molecule has 0 saturated carbocycles. The highest BCUT2D eigenvalue weighted by Crippen LogP contribution is 2.43. The smallest absolute Gasteiger partial charge is 0.143 e. The van der Waals surface area contributed by atoms with Gasteiger partial charge in [-0.15, -0.1) is 0 Å². The molecule has 0 spiro atoms. The molecule has 0 aliphatic rings. The van der Waals surface area contributed by atoms with Crippen molar-refractivity contribution in [3.8, 4) is 0 Å². The first kappa shape index (κ1) is 32.2. The molecule has 0 aliphatic carbocycles. The van der Waals surface area contributed by atoms with E-state index < -0.39 is 11.2 Å². The molecular formula is C42H36Br2O2. The normalized spacial score (nSPS) is 13.2. The molecule has 0 amide bonds. The quantitative estimate of drug-likeness (QED) is 0.0870. The van der Waals surface area contributed by atoms with Crippen LogP contribution in [0.4, 0.5) is 0 Å². The van der Waals surface area contributed by atoms with Crippen LogP contribution in [-0.4, -0.2) is 22.9 Å². The Morgan fingerprint density at radius 1 is 0.326 bits per heavy atom. The van der Waals surface area contributed by atoms with Crippen molar-refractivity contribution in [2.75, 3.05) is 13.2 Å². The second-order valence-electron chi connectivity index (χ2n) is 11.2. The Bertz CT molecular complexity index is 1420. The highest BCUT2D eigenvalue weighted by atomic mass is 79.9. The molecule has 0 aliphatic heterocycles. The molecule has 230 valence electrons. The fourth-order valence-electron chi connectivity index (χ4n) is 6.16. The van der Waals surface area contributed by atoms with E-state index in [1.165, 1.54) is 0 Å². The highest BCUT2D eigenvalue weighted by Gasteiger charge is 2.40. The first-order valence-electron chi connectivity index (χ1n) is 15.5. The Balaban J connectivity index is 1.32. The van der Waals surface area contributed by atoms with Crippen molar-refractivity contribution in [3.05, 3.63) is 215 Å². The number of ether oxygens (including phenoxy) is 2. The third kappa shape index (κ3) is 6.67. The Morgan fingerprint density at radius 3 is 0.674 bits per heavy atom. The maximum absolute atomic E-state index is 7.12. The van der Waals surface area contributed by atoms with Gasteiger partial charge in [0.05, 0.1) is 22.9 Å². The molecule has 0 unspecified atom stereocenters. The highest BCUT2D eigenvalue weighted by molar-refractivity contribution is 9.12. The summed E-state index contributed by atoms with van der Waals surface area (Å²) in [6, 6.07) is 62.9. The zero-order valence-corrected chi connectivity index (χ0v) is 28.6. The summed E-state index contributed by atoms with van der Waals surface area (Å²) in [6.07, 6.45) is 0. The second kappa shape index (κ2) is 15.2. The Morgan fingerprint density at radius 2 is 0.500 bits per heavy atom. The van der Waals surface area contributed by atoms with Gasteiger partial charge in [-0.05, 0) is 33.4 Å². The fourth-order valence-corrected chi connectivity index (χ4v) is 6.72. The van der Waals surface area contributed by atoms with Crippen molar-refractivity contribution in [1.82, 2.24) is 0 Å². The van der Waals surface area contributed by atoms with Gasteiger partial charge in [0.25, 0.3) is 0 Å². The molecular weight excluding hydrogens is 696 g/mol. The lowest BCUT2D eigenvalue weighted by molar-refractivity contribution is -0.00309. The van der Waals surface area contributed by atoms with Gasteiger partial charge >= 0.3 is 0 Å².